The Morgan fingerprint density at radius 2 is 1.00 bits per heavy atom. The maximum Gasteiger partial charge on any atom is 0.184 e. The Hall–Kier alpha value is -0.240. The molecule has 0 aromatic rings. The van der Waals surface area contributed by atoms with Crippen LogP contribution in [0.2, 0.25) is 0 Å². The van der Waals surface area contributed by atoms with Gasteiger partial charge in [-0.15, -0.1) is 0 Å². The SMILES string of the molecule is C1C[N+]2(CCO1)COC(C1C[N+]3(CCOCC3)CO1)C2. The molecule has 2 atom stereocenters. The van der Waals surface area contributed by atoms with Crippen molar-refractivity contribution in [1.29, 1.82) is 0 Å². The van der Waals surface area contributed by atoms with Gasteiger partial charge in [-0.25, -0.2) is 0 Å². The van der Waals surface area contributed by atoms with Crippen molar-refractivity contribution in [3.05, 3.63) is 0 Å². The number of quaternary nitrogens is 2. The van der Waals surface area contributed by atoms with E-state index in [9.17, 15) is 0 Å². The molecule has 0 amide bonds. The van der Waals surface area contributed by atoms with Crippen LogP contribution in [0.25, 0.3) is 0 Å². The molecule has 4 heterocycles. The molecule has 2 spiro atoms. The Kier molecular flexibility index (Phi) is 3.48. The Balaban J connectivity index is 1.37. The van der Waals surface area contributed by atoms with E-state index < -0.39 is 0 Å². The summed E-state index contributed by atoms with van der Waals surface area (Å²) >= 11 is 0. The monoisotopic (exact) mass is 286 g/mol. The zero-order valence-electron chi connectivity index (χ0n) is 12.2. The molecule has 0 bridgehead atoms. The van der Waals surface area contributed by atoms with Gasteiger partial charge in [-0.3, -0.25) is 8.97 Å². The number of hydrogen-bond donors (Lipinski definition) is 0. The molecule has 0 aromatic heterocycles. The van der Waals surface area contributed by atoms with Gasteiger partial charge in [0.25, 0.3) is 0 Å². The van der Waals surface area contributed by atoms with Crippen molar-refractivity contribution in [1.82, 2.24) is 0 Å². The first-order chi connectivity index (χ1) is 9.79. The molecule has 4 saturated heterocycles. The highest BCUT2D eigenvalue weighted by Gasteiger charge is 2.50. The van der Waals surface area contributed by atoms with Crippen molar-refractivity contribution in [3.8, 4) is 0 Å². The number of nitrogens with zero attached hydrogens (tertiary/aromatic N) is 2. The maximum absolute atomic E-state index is 6.11. The summed E-state index contributed by atoms with van der Waals surface area (Å²) in [6.07, 6.45) is 0.543. The molecule has 4 fully saturated rings. The Morgan fingerprint density at radius 1 is 0.600 bits per heavy atom. The average molecular weight is 286 g/mol. The van der Waals surface area contributed by atoms with Crippen molar-refractivity contribution >= 4 is 0 Å². The number of rotatable bonds is 1. The lowest BCUT2D eigenvalue weighted by atomic mass is 10.1. The minimum absolute atomic E-state index is 0.272. The molecule has 2 unspecified atom stereocenters. The molecule has 0 N–H and O–H groups in total. The van der Waals surface area contributed by atoms with Gasteiger partial charge in [-0.05, 0) is 0 Å². The number of ether oxygens (including phenoxy) is 4. The fourth-order valence-corrected chi connectivity index (χ4v) is 4.02. The van der Waals surface area contributed by atoms with Crippen LogP contribution < -0.4 is 0 Å². The molecule has 4 rings (SSSR count). The van der Waals surface area contributed by atoms with Crippen molar-refractivity contribution in [3.63, 3.8) is 0 Å². The fourth-order valence-electron chi connectivity index (χ4n) is 4.02. The summed E-state index contributed by atoms with van der Waals surface area (Å²) in [5, 5.41) is 0. The summed E-state index contributed by atoms with van der Waals surface area (Å²) < 4.78 is 25.4. The summed E-state index contributed by atoms with van der Waals surface area (Å²) in [6.45, 7) is 11.8. The van der Waals surface area contributed by atoms with Crippen molar-refractivity contribution in [2.24, 2.45) is 0 Å². The summed E-state index contributed by atoms with van der Waals surface area (Å²) in [7, 11) is 0. The lowest BCUT2D eigenvalue weighted by molar-refractivity contribution is -0.934. The lowest BCUT2D eigenvalue weighted by Crippen LogP contribution is -2.56. The molecule has 0 saturated carbocycles. The molecular weight excluding hydrogens is 260 g/mol. The van der Waals surface area contributed by atoms with Crippen molar-refractivity contribution in [2.45, 2.75) is 12.2 Å². The maximum atomic E-state index is 6.11. The Labute approximate surface area is 120 Å². The van der Waals surface area contributed by atoms with E-state index in [4.69, 9.17) is 18.9 Å². The zero-order valence-corrected chi connectivity index (χ0v) is 12.2. The largest absolute Gasteiger partial charge is 0.370 e. The van der Waals surface area contributed by atoms with Crippen LogP contribution >= 0.6 is 0 Å². The first kappa shape index (κ1) is 13.4. The molecule has 0 radical (unpaired) electrons. The molecule has 0 aliphatic carbocycles. The van der Waals surface area contributed by atoms with Gasteiger partial charge >= 0.3 is 0 Å². The lowest BCUT2D eigenvalue weighted by Gasteiger charge is -2.36. The Morgan fingerprint density at radius 3 is 1.40 bits per heavy atom. The number of morpholine rings is 2. The van der Waals surface area contributed by atoms with E-state index in [-0.39, 0.29) is 12.2 Å². The number of hydrogen-bond acceptors (Lipinski definition) is 4. The normalized spacial score (nSPS) is 39.6. The molecule has 6 heteroatoms. The van der Waals surface area contributed by atoms with E-state index in [1.165, 1.54) is 0 Å². The van der Waals surface area contributed by atoms with E-state index in [0.29, 0.717) is 0 Å². The van der Waals surface area contributed by atoms with Crippen LogP contribution in [0.3, 0.4) is 0 Å². The minimum Gasteiger partial charge on any atom is -0.370 e. The van der Waals surface area contributed by atoms with Gasteiger partial charge in [-0.1, -0.05) is 0 Å². The first-order valence-electron chi connectivity index (χ1n) is 7.88. The third kappa shape index (κ3) is 2.38. The summed E-state index contributed by atoms with van der Waals surface area (Å²) in [5.41, 5.74) is 0. The van der Waals surface area contributed by atoms with E-state index in [0.717, 1.165) is 88.1 Å². The summed E-state index contributed by atoms with van der Waals surface area (Å²) in [5.74, 6) is 0. The smallest absolute Gasteiger partial charge is 0.184 e. The second kappa shape index (κ2) is 5.19. The van der Waals surface area contributed by atoms with E-state index in [1.807, 2.05) is 0 Å². The third-order valence-corrected chi connectivity index (χ3v) is 5.51. The zero-order chi connectivity index (χ0) is 13.5. The fraction of sp³-hybridized carbons (Fsp3) is 1.00. The minimum atomic E-state index is 0.272. The first-order valence-corrected chi connectivity index (χ1v) is 7.88. The van der Waals surface area contributed by atoms with E-state index in [1.54, 1.807) is 0 Å². The van der Waals surface area contributed by atoms with Crippen LogP contribution in [0.5, 0.6) is 0 Å². The Bertz CT molecular complexity index is 319. The van der Waals surface area contributed by atoms with Gasteiger partial charge in [0.15, 0.2) is 13.5 Å². The third-order valence-electron chi connectivity index (χ3n) is 5.51. The van der Waals surface area contributed by atoms with Gasteiger partial charge in [0, 0.05) is 0 Å². The van der Waals surface area contributed by atoms with Gasteiger partial charge in [0.05, 0.1) is 26.4 Å². The molecular formula is C14H26N2O4+2. The van der Waals surface area contributed by atoms with Gasteiger partial charge in [0.2, 0.25) is 0 Å². The van der Waals surface area contributed by atoms with Gasteiger partial charge in [0.1, 0.15) is 51.5 Å². The van der Waals surface area contributed by atoms with Crippen LogP contribution in [-0.4, -0.2) is 100 Å². The van der Waals surface area contributed by atoms with Crippen LogP contribution in [-0.2, 0) is 18.9 Å². The topological polar surface area (TPSA) is 36.9 Å². The average Bonchev–Trinajstić information content (AvgIpc) is 3.07. The van der Waals surface area contributed by atoms with Gasteiger partial charge in [-0.2, -0.15) is 0 Å². The molecule has 20 heavy (non-hydrogen) atoms. The molecule has 4 aliphatic heterocycles. The molecule has 114 valence electrons. The summed E-state index contributed by atoms with van der Waals surface area (Å²) in [6, 6.07) is 0. The van der Waals surface area contributed by atoms with E-state index in [2.05, 4.69) is 0 Å². The van der Waals surface area contributed by atoms with E-state index >= 15 is 0 Å². The van der Waals surface area contributed by atoms with Crippen molar-refractivity contribution in [2.75, 3.05) is 79.2 Å². The molecule has 6 nitrogen and oxygen atoms in total. The highest BCUT2D eigenvalue weighted by molar-refractivity contribution is 4.77. The van der Waals surface area contributed by atoms with Gasteiger partial charge < -0.3 is 18.9 Å². The second-order valence-electron chi connectivity index (χ2n) is 6.84. The summed E-state index contributed by atoms with van der Waals surface area (Å²) in [4.78, 5) is 0. The van der Waals surface area contributed by atoms with Crippen molar-refractivity contribution < 1.29 is 27.9 Å². The predicted octanol–water partition coefficient (Wildman–Crippen LogP) is -0.607. The highest BCUT2D eigenvalue weighted by Crippen LogP contribution is 2.29. The predicted molar refractivity (Wildman–Crippen MR) is 70.8 cm³/mol. The second-order valence-corrected chi connectivity index (χ2v) is 6.84. The molecule has 4 aliphatic rings. The van der Waals surface area contributed by atoms with Crippen LogP contribution in [0, 0.1) is 0 Å². The quantitative estimate of drug-likeness (QED) is 0.603. The highest BCUT2D eigenvalue weighted by atomic mass is 16.6. The van der Waals surface area contributed by atoms with Crippen LogP contribution in [0.4, 0.5) is 0 Å². The standard InChI is InChI=1S/C14H26N2O4/c1-5-17-6-2-15(1)9-13(19-11-15)14-10-16(12-20-14)3-7-18-8-4-16/h13-14H,1-12H2/q+2. The molecule has 0 aromatic carbocycles. The van der Waals surface area contributed by atoms with Crippen LogP contribution in [0.15, 0.2) is 0 Å². The van der Waals surface area contributed by atoms with Crippen LogP contribution in [0.1, 0.15) is 0 Å².